The fraction of sp³-hybridized carbons (Fsp3) is 0.467. The van der Waals surface area contributed by atoms with Crippen molar-refractivity contribution >= 4 is 11.0 Å². The van der Waals surface area contributed by atoms with Gasteiger partial charge in [-0.2, -0.15) is 0 Å². The standard InChI is InChI=1S/C15H18N2/c1-10(2)12-6-7-13-14(8-12)16-9-15(17-13)11-4-3-5-11/h6-11H,3-5H2,1-2H3. The lowest BCUT2D eigenvalue weighted by atomic mass is 9.83. The Morgan fingerprint density at radius 1 is 1.18 bits per heavy atom. The van der Waals surface area contributed by atoms with E-state index in [1.807, 2.05) is 6.20 Å². The summed E-state index contributed by atoms with van der Waals surface area (Å²) in [5.41, 5.74) is 4.59. The van der Waals surface area contributed by atoms with Crippen LogP contribution in [0, 0.1) is 0 Å². The van der Waals surface area contributed by atoms with Crippen LogP contribution in [0.5, 0.6) is 0 Å². The van der Waals surface area contributed by atoms with Gasteiger partial charge in [0, 0.05) is 12.1 Å². The van der Waals surface area contributed by atoms with Crippen molar-refractivity contribution in [2.75, 3.05) is 0 Å². The van der Waals surface area contributed by atoms with Crippen molar-refractivity contribution in [1.29, 1.82) is 0 Å². The molecule has 2 nitrogen and oxygen atoms in total. The van der Waals surface area contributed by atoms with Crippen molar-refractivity contribution in [2.24, 2.45) is 0 Å². The van der Waals surface area contributed by atoms with Crippen LogP contribution < -0.4 is 0 Å². The molecule has 1 aromatic heterocycles. The number of hydrogen-bond donors (Lipinski definition) is 0. The van der Waals surface area contributed by atoms with Gasteiger partial charge >= 0.3 is 0 Å². The third kappa shape index (κ3) is 1.92. The van der Waals surface area contributed by atoms with Crippen molar-refractivity contribution < 1.29 is 0 Å². The van der Waals surface area contributed by atoms with Gasteiger partial charge in [0.25, 0.3) is 0 Å². The van der Waals surface area contributed by atoms with E-state index in [-0.39, 0.29) is 0 Å². The first kappa shape index (κ1) is 10.7. The van der Waals surface area contributed by atoms with E-state index in [1.165, 1.54) is 30.5 Å². The van der Waals surface area contributed by atoms with Gasteiger partial charge in [0.15, 0.2) is 0 Å². The lowest BCUT2D eigenvalue weighted by molar-refractivity contribution is 0.411. The van der Waals surface area contributed by atoms with Crippen LogP contribution in [0.4, 0.5) is 0 Å². The van der Waals surface area contributed by atoms with E-state index in [0.717, 1.165) is 11.0 Å². The number of benzene rings is 1. The first-order chi connectivity index (χ1) is 8.24. The summed E-state index contributed by atoms with van der Waals surface area (Å²) >= 11 is 0. The highest BCUT2D eigenvalue weighted by Crippen LogP contribution is 2.35. The summed E-state index contributed by atoms with van der Waals surface area (Å²) in [6.45, 7) is 4.41. The van der Waals surface area contributed by atoms with Crippen LogP contribution in [-0.2, 0) is 0 Å². The molecule has 0 bridgehead atoms. The SMILES string of the molecule is CC(C)c1ccc2nc(C3CCC3)cnc2c1. The summed E-state index contributed by atoms with van der Waals surface area (Å²) in [4.78, 5) is 9.30. The largest absolute Gasteiger partial charge is 0.253 e. The number of rotatable bonds is 2. The van der Waals surface area contributed by atoms with E-state index >= 15 is 0 Å². The molecule has 0 aliphatic heterocycles. The zero-order valence-corrected chi connectivity index (χ0v) is 10.5. The molecule has 0 radical (unpaired) electrons. The molecule has 0 spiro atoms. The van der Waals surface area contributed by atoms with Crippen LogP contribution in [0.3, 0.4) is 0 Å². The molecule has 0 saturated heterocycles. The van der Waals surface area contributed by atoms with Crippen molar-refractivity contribution in [3.8, 4) is 0 Å². The summed E-state index contributed by atoms with van der Waals surface area (Å²) in [7, 11) is 0. The summed E-state index contributed by atoms with van der Waals surface area (Å²) in [6.07, 6.45) is 5.88. The lowest BCUT2D eigenvalue weighted by Gasteiger charge is -2.24. The Morgan fingerprint density at radius 3 is 2.65 bits per heavy atom. The average molecular weight is 226 g/mol. The second-order valence-corrected chi connectivity index (χ2v) is 5.33. The quantitative estimate of drug-likeness (QED) is 0.773. The molecule has 1 aliphatic rings. The molecule has 0 unspecified atom stereocenters. The van der Waals surface area contributed by atoms with Crippen molar-refractivity contribution in [2.45, 2.75) is 44.9 Å². The van der Waals surface area contributed by atoms with E-state index in [2.05, 4.69) is 37.0 Å². The zero-order valence-electron chi connectivity index (χ0n) is 10.5. The average Bonchev–Trinajstić information content (AvgIpc) is 2.26. The maximum Gasteiger partial charge on any atom is 0.0890 e. The van der Waals surface area contributed by atoms with Gasteiger partial charge in [-0.05, 0) is 36.5 Å². The number of hydrogen-bond acceptors (Lipinski definition) is 2. The van der Waals surface area contributed by atoms with Crippen LogP contribution in [-0.4, -0.2) is 9.97 Å². The van der Waals surface area contributed by atoms with Crippen molar-refractivity contribution in [1.82, 2.24) is 9.97 Å². The summed E-state index contributed by atoms with van der Waals surface area (Å²) in [6, 6.07) is 6.45. The van der Waals surface area contributed by atoms with Gasteiger partial charge in [0.05, 0.1) is 16.7 Å². The van der Waals surface area contributed by atoms with Gasteiger partial charge < -0.3 is 0 Å². The maximum absolute atomic E-state index is 4.74. The van der Waals surface area contributed by atoms with Crippen LogP contribution in [0.1, 0.15) is 56.2 Å². The molecular formula is C15H18N2. The van der Waals surface area contributed by atoms with Crippen LogP contribution in [0.25, 0.3) is 11.0 Å². The molecule has 0 amide bonds. The minimum Gasteiger partial charge on any atom is -0.253 e. The molecule has 17 heavy (non-hydrogen) atoms. The second-order valence-electron chi connectivity index (χ2n) is 5.33. The van der Waals surface area contributed by atoms with Gasteiger partial charge in [-0.25, -0.2) is 4.98 Å². The van der Waals surface area contributed by atoms with Crippen molar-refractivity contribution in [3.63, 3.8) is 0 Å². The minimum absolute atomic E-state index is 0.549. The maximum atomic E-state index is 4.74. The predicted octanol–water partition coefficient (Wildman–Crippen LogP) is 4.02. The van der Waals surface area contributed by atoms with Gasteiger partial charge in [0.1, 0.15) is 0 Å². The molecule has 1 saturated carbocycles. The molecule has 1 aromatic carbocycles. The number of nitrogens with zero attached hydrogens (tertiary/aromatic N) is 2. The highest BCUT2D eigenvalue weighted by atomic mass is 14.8. The molecule has 1 heterocycles. The Balaban J connectivity index is 2.02. The fourth-order valence-corrected chi connectivity index (χ4v) is 2.30. The molecule has 1 aliphatic carbocycles. The second kappa shape index (κ2) is 4.10. The van der Waals surface area contributed by atoms with E-state index in [1.54, 1.807) is 0 Å². The molecule has 3 rings (SSSR count). The highest BCUT2D eigenvalue weighted by Gasteiger charge is 2.21. The topological polar surface area (TPSA) is 25.8 Å². The molecule has 0 atom stereocenters. The Morgan fingerprint density at radius 2 is 2.00 bits per heavy atom. The van der Waals surface area contributed by atoms with Crippen LogP contribution in [0.2, 0.25) is 0 Å². The van der Waals surface area contributed by atoms with E-state index in [4.69, 9.17) is 4.98 Å². The predicted molar refractivity (Wildman–Crippen MR) is 70.2 cm³/mol. The van der Waals surface area contributed by atoms with E-state index in [9.17, 15) is 0 Å². The Hall–Kier alpha value is -1.44. The summed E-state index contributed by atoms with van der Waals surface area (Å²) in [5, 5.41) is 0. The Bertz CT molecular complexity index is 542. The molecule has 1 fully saturated rings. The molecule has 0 N–H and O–H groups in total. The third-order valence-electron chi connectivity index (χ3n) is 3.78. The number of aromatic nitrogens is 2. The van der Waals surface area contributed by atoms with E-state index < -0.39 is 0 Å². The first-order valence-electron chi connectivity index (χ1n) is 6.50. The Labute approximate surface area is 102 Å². The number of fused-ring (bicyclic) bond motifs is 1. The summed E-state index contributed by atoms with van der Waals surface area (Å²) in [5.74, 6) is 1.21. The molecular weight excluding hydrogens is 208 g/mol. The van der Waals surface area contributed by atoms with Crippen LogP contribution in [0.15, 0.2) is 24.4 Å². The van der Waals surface area contributed by atoms with Crippen LogP contribution >= 0.6 is 0 Å². The van der Waals surface area contributed by atoms with Crippen molar-refractivity contribution in [3.05, 3.63) is 35.7 Å². The summed E-state index contributed by atoms with van der Waals surface area (Å²) < 4.78 is 0. The van der Waals surface area contributed by atoms with Gasteiger partial charge in [-0.15, -0.1) is 0 Å². The first-order valence-corrected chi connectivity index (χ1v) is 6.50. The van der Waals surface area contributed by atoms with Gasteiger partial charge in [-0.1, -0.05) is 26.3 Å². The minimum atomic E-state index is 0.549. The van der Waals surface area contributed by atoms with Gasteiger partial charge in [0.2, 0.25) is 0 Å². The lowest BCUT2D eigenvalue weighted by Crippen LogP contribution is -2.11. The smallest absolute Gasteiger partial charge is 0.0890 e. The highest BCUT2D eigenvalue weighted by molar-refractivity contribution is 5.75. The normalized spacial score (nSPS) is 16.4. The molecule has 2 heteroatoms. The zero-order chi connectivity index (χ0) is 11.8. The fourth-order valence-electron chi connectivity index (χ4n) is 2.30. The molecule has 2 aromatic rings. The monoisotopic (exact) mass is 226 g/mol. The van der Waals surface area contributed by atoms with Gasteiger partial charge in [-0.3, -0.25) is 4.98 Å². The van der Waals surface area contributed by atoms with E-state index in [0.29, 0.717) is 11.8 Å². The third-order valence-corrected chi connectivity index (χ3v) is 3.78. The molecule has 88 valence electrons. The Kier molecular flexibility index (Phi) is 2.58.